The summed E-state index contributed by atoms with van der Waals surface area (Å²) in [6.07, 6.45) is 6.51. The lowest BCUT2D eigenvalue weighted by atomic mass is 9.74. The number of nitrogens with one attached hydrogen (secondary N) is 1. The van der Waals surface area contributed by atoms with Crippen molar-refractivity contribution in [3.05, 3.63) is 11.6 Å². The molecule has 0 atom stereocenters. The van der Waals surface area contributed by atoms with Gasteiger partial charge >= 0.3 is 0 Å². The van der Waals surface area contributed by atoms with E-state index < -0.39 is 5.41 Å². The number of hydrogen-bond donors (Lipinski definition) is 1. The van der Waals surface area contributed by atoms with Crippen molar-refractivity contribution in [2.24, 2.45) is 5.41 Å². The topological polar surface area (TPSA) is 52.9 Å². The first-order chi connectivity index (χ1) is 7.60. The Kier molecular flexibility index (Phi) is 4.54. The summed E-state index contributed by atoms with van der Waals surface area (Å²) < 4.78 is 0. The average Bonchev–Trinajstić information content (AvgIpc) is 2.29. The molecule has 1 amide bonds. The van der Waals surface area contributed by atoms with Gasteiger partial charge in [0.15, 0.2) is 0 Å². The summed E-state index contributed by atoms with van der Waals surface area (Å²) in [4.78, 5) is 12.0. The first kappa shape index (κ1) is 12.8. The van der Waals surface area contributed by atoms with Crippen molar-refractivity contribution < 1.29 is 4.79 Å². The van der Waals surface area contributed by atoms with Crippen LogP contribution < -0.4 is 5.32 Å². The van der Waals surface area contributed by atoms with Crippen molar-refractivity contribution >= 4 is 5.91 Å². The fourth-order valence-electron chi connectivity index (χ4n) is 2.06. The second-order valence-electron chi connectivity index (χ2n) is 4.75. The van der Waals surface area contributed by atoms with Crippen LogP contribution >= 0.6 is 0 Å². The minimum Gasteiger partial charge on any atom is -0.351 e. The standard InChI is InChI=1S/C13H20N2O/c1-11(2)6-9-15-12(16)13(10-14)7-4-3-5-8-13/h6H,3-5,7-9H2,1-2H3,(H,15,16). The van der Waals surface area contributed by atoms with Crippen LogP contribution in [0.1, 0.15) is 46.0 Å². The zero-order valence-electron chi connectivity index (χ0n) is 10.2. The molecule has 0 aliphatic heterocycles. The number of nitrogens with zero attached hydrogens (tertiary/aromatic N) is 1. The van der Waals surface area contributed by atoms with E-state index in [2.05, 4.69) is 11.4 Å². The molecule has 0 spiro atoms. The first-order valence-corrected chi connectivity index (χ1v) is 5.94. The molecular formula is C13H20N2O. The maximum Gasteiger partial charge on any atom is 0.240 e. The van der Waals surface area contributed by atoms with Crippen LogP contribution in [0.5, 0.6) is 0 Å². The average molecular weight is 220 g/mol. The molecule has 0 aromatic carbocycles. The Hall–Kier alpha value is -1.30. The fraction of sp³-hybridized carbons (Fsp3) is 0.692. The van der Waals surface area contributed by atoms with E-state index in [1.54, 1.807) is 0 Å². The quantitative estimate of drug-likeness (QED) is 0.743. The largest absolute Gasteiger partial charge is 0.351 e. The Labute approximate surface area is 97.5 Å². The van der Waals surface area contributed by atoms with Crippen LogP contribution in [0.15, 0.2) is 11.6 Å². The maximum atomic E-state index is 12.0. The highest BCUT2D eigenvalue weighted by molar-refractivity contribution is 5.85. The molecule has 0 unspecified atom stereocenters. The van der Waals surface area contributed by atoms with Gasteiger partial charge in [-0.1, -0.05) is 30.9 Å². The van der Waals surface area contributed by atoms with Crippen LogP contribution in [0.3, 0.4) is 0 Å². The molecule has 1 aliphatic rings. The Balaban J connectivity index is 2.56. The van der Waals surface area contributed by atoms with E-state index in [9.17, 15) is 10.1 Å². The lowest BCUT2D eigenvalue weighted by molar-refractivity contribution is -0.129. The molecule has 1 saturated carbocycles. The molecule has 0 heterocycles. The maximum absolute atomic E-state index is 12.0. The summed E-state index contributed by atoms with van der Waals surface area (Å²) in [7, 11) is 0. The summed E-state index contributed by atoms with van der Waals surface area (Å²) in [6, 6.07) is 2.22. The van der Waals surface area contributed by atoms with Crippen LogP contribution in [-0.2, 0) is 4.79 Å². The number of amides is 1. The zero-order valence-corrected chi connectivity index (χ0v) is 10.2. The molecule has 1 rings (SSSR count). The molecule has 1 aliphatic carbocycles. The Morgan fingerprint density at radius 1 is 1.38 bits per heavy atom. The van der Waals surface area contributed by atoms with Crippen molar-refractivity contribution in [2.45, 2.75) is 46.0 Å². The van der Waals surface area contributed by atoms with Crippen molar-refractivity contribution in [1.29, 1.82) is 5.26 Å². The number of carbonyl (C=O) groups excluding carboxylic acids is 1. The van der Waals surface area contributed by atoms with Crippen molar-refractivity contribution in [3.63, 3.8) is 0 Å². The molecule has 88 valence electrons. The second-order valence-corrected chi connectivity index (χ2v) is 4.75. The van der Waals surface area contributed by atoms with Crippen LogP contribution in [0.4, 0.5) is 0 Å². The normalized spacial score (nSPS) is 18.3. The van der Waals surface area contributed by atoms with E-state index >= 15 is 0 Å². The molecule has 0 bridgehead atoms. The van der Waals surface area contributed by atoms with Gasteiger partial charge in [-0.15, -0.1) is 0 Å². The predicted molar refractivity (Wildman–Crippen MR) is 63.6 cm³/mol. The van der Waals surface area contributed by atoms with Gasteiger partial charge in [-0.25, -0.2) is 0 Å². The molecule has 0 saturated heterocycles. The number of nitriles is 1. The number of carbonyl (C=O) groups is 1. The van der Waals surface area contributed by atoms with Gasteiger partial charge in [0.05, 0.1) is 6.07 Å². The van der Waals surface area contributed by atoms with Gasteiger partial charge in [-0.3, -0.25) is 4.79 Å². The van der Waals surface area contributed by atoms with Crippen LogP contribution in [0.25, 0.3) is 0 Å². The van der Waals surface area contributed by atoms with Crippen molar-refractivity contribution in [2.75, 3.05) is 6.54 Å². The summed E-state index contributed by atoms with van der Waals surface area (Å²) in [5.74, 6) is -0.0906. The highest BCUT2D eigenvalue weighted by Gasteiger charge is 2.39. The minimum atomic E-state index is -0.756. The summed E-state index contributed by atoms with van der Waals surface area (Å²) in [5.41, 5.74) is 0.420. The van der Waals surface area contributed by atoms with Crippen LogP contribution in [-0.4, -0.2) is 12.5 Å². The van der Waals surface area contributed by atoms with Gasteiger partial charge in [0.1, 0.15) is 5.41 Å². The lowest BCUT2D eigenvalue weighted by Crippen LogP contribution is -2.41. The van der Waals surface area contributed by atoms with E-state index in [0.29, 0.717) is 19.4 Å². The molecule has 3 nitrogen and oxygen atoms in total. The van der Waals surface area contributed by atoms with Gasteiger partial charge in [-0.05, 0) is 26.7 Å². The molecule has 0 radical (unpaired) electrons. The van der Waals surface area contributed by atoms with Gasteiger partial charge in [0.25, 0.3) is 0 Å². The van der Waals surface area contributed by atoms with E-state index in [0.717, 1.165) is 19.3 Å². The van der Waals surface area contributed by atoms with E-state index in [4.69, 9.17) is 0 Å². The van der Waals surface area contributed by atoms with Crippen molar-refractivity contribution in [3.8, 4) is 6.07 Å². The molecule has 0 aromatic heterocycles. The molecule has 1 fully saturated rings. The molecule has 3 heteroatoms. The lowest BCUT2D eigenvalue weighted by Gasteiger charge is -2.28. The summed E-state index contributed by atoms with van der Waals surface area (Å²) >= 11 is 0. The van der Waals surface area contributed by atoms with E-state index in [-0.39, 0.29) is 5.91 Å². The molecular weight excluding hydrogens is 200 g/mol. The number of allylic oxidation sites excluding steroid dienone is 1. The Bertz CT molecular complexity index is 315. The number of rotatable bonds is 3. The Morgan fingerprint density at radius 2 is 2.00 bits per heavy atom. The first-order valence-electron chi connectivity index (χ1n) is 5.94. The van der Waals surface area contributed by atoms with Crippen LogP contribution in [0, 0.1) is 16.7 Å². The van der Waals surface area contributed by atoms with E-state index in [1.807, 2.05) is 19.9 Å². The third-order valence-electron chi connectivity index (χ3n) is 3.13. The smallest absolute Gasteiger partial charge is 0.240 e. The van der Waals surface area contributed by atoms with Crippen molar-refractivity contribution in [1.82, 2.24) is 5.32 Å². The highest BCUT2D eigenvalue weighted by Crippen LogP contribution is 2.35. The fourth-order valence-corrected chi connectivity index (χ4v) is 2.06. The molecule has 1 N–H and O–H groups in total. The third-order valence-corrected chi connectivity index (χ3v) is 3.13. The van der Waals surface area contributed by atoms with Gasteiger partial charge in [0, 0.05) is 6.54 Å². The Morgan fingerprint density at radius 3 is 2.50 bits per heavy atom. The zero-order chi connectivity index (χ0) is 12.0. The summed E-state index contributed by atoms with van der Waals surface area (Å²) in [5, 5.41) is 12.0. The van der Waals surface area contributed by atoms with Gasteiger partial charge in [0.2, 0.25) is 5.91 Å². The second kappa shape index (κ2) is 5.69. The number of hydrogen-bond acceptors (Lipinski definition) is 2. The molecule has 0 aromatic rings. The van der Waals surface area contributed by atoms with Gasteiger partial charge in [-0.2, -0.15) is 5.26 Å². The SMILES string of the molecule is CC(C)=CCNC(=O)C1(C#N)CCCCC1. The summed E-state index contributed by atoms with van der Waals surface area (Å²) in [6.45, 7) is 4.52. The molecule has 16 heavy (non-hydrogen) atoms. The predicted octanol–water partition coefficient (Wildman–Crippen LogP) is 2.54. The third kappa shape index (κ3) is 3.10. The monoisotopic (exact) mass is 220 g/mol. The van der Waals surface area contributed by atoms with Gasteiger partial charge < -0.3 is 5.32 Å². The minimum absolute atomic E-state index is 0.0906. The van der Waals surface area contributed by atoms with E-state index in [1.165, 1.54) is 5.57 Å². The highest BCUT2D eigenvalue weighted by atomic mass is 16.2. The van der Waals surface area contributed by atoms with Crippen LogP contribution in [0.2, 0.25) is 0 Å².